The highest BCUT2D eigenvalue weighted by molar-refractivity contribution is 5.86. The summed E-state index contributed by atoms with van der Waals surface area (Å²) in [5, 5.41) is 9.46. The number of nitrogens with zero attached hydrogens (tertiary/aromatic N) is 1. The smallest absolute Gasteiger partial charge is 0.310 e. The molecule has 1 aromatic rings. The zero-order chi connectivity index (χ0) is 15.3. The minimum absolute atomic E-state index is 0.0471. The maximum absolute atomic E-state index is 12.9. The number of ether oxygens (including phenoxy) is 1. The van der Waals surface area contributed by atoms with Gasteiger partial charge in [0.15, 0.2) is 0 Å². The summed E-state index contributed by atoms with van der Waals surface area (Å²) < 4.78 is 5.71. The monoisotopic (exact) mass is 301 g/mol. The Morgan fingerprint density at radius 2 is 1.77 bits per heavy atom. The number of hydrogen-bond acceptors (Lipinski definition) is 3. The van der Waals surface area contributed by atoms with Gasteiger partial charge in [0, 0.05) is 13.1 Å². The Balaban J connectivity index is 1.56. The molecule has 3 aliphatic heterocycles. The number of carboxylic acids is 1. The minimum atomic E-state index is -0.900. The van der Waals surface area contributed by atoms with E-state index in [4.69, 9.17) is 4.74 Å². The SMILES string of the molecule is O=C(O)[C@@H]1[C@H](C(=O)N2CCc3ccccc3C2)[C@H]2CC[C@H]1O2. The van der Waals surface area contributed by atoms with Gasteiger partial charge < -0.3 is 14.7 Å². The van der Waals surface area contributed by atoms with Crippen LogP contribution in [0.5, 0.6) is 0 Å². The topological polar surface area (TPSA) is 66.8 Å². The number of benzene rings is 1. The molecule has 1 N–H and O–H groups in total. The Labute approximate surface area is 128 Å². The first-order valence-corrected chi connectivity index (χ1v) is 7.89. The molecule has 4 rings (SSSR count). The van der Waals surface area contributed by atoms with E-state index in [9.17, 15) is 14.7 Å². The van der Waals surface area contributed by atoms with E-state index in [1.807, 2.05) is 23.1 Å². The van der Waals surface area contributed by atoms with Gasteiger partial charge in [0.25, 0.3) is 0 Å². The van der Waals surface area contributed by atoms with Crippen LogP contribution in [0.4, 0.5) is 0 Å². The second-order valence-corrected chi connectivity index (χ2v) is 6.46. The van der Waals surface area contributed by atoms with Gasteiger partial charge >= 0.3 is 5.97 Å². The van der Waals surface area contributed by atoms with Gasteiger partial charge in [-0.15, -0.1) is 0 Å². The van der Waals surface area contributed by atoms with Gasteiger partial charge in [-0.05, 0) is 30.4 Å². The van der Waals surface area contributed by atoms with Crippen LogP contribution in [0.25, 0.3) is 0 Å². The molecule has 2 fully saturated rings. The fraction of sp³-hybridized carbons (Fsp3) is 0.529. The number of rotatable bonds is 2. The van der Waals surface area contributed by atoms with Gasteiger partial charge in [0.2, 0.25) is 5.91 Å². The van der Waals surface area contributed by atoms with E-state index in [-0.39, 0.29) is 18.1 Å². The third-order valence-corrected chi connectivity index (χ3v) is 5.29. The van der Waals surface area contributed by atoms with Crippen LogP contribution < -0.4 is 0 Å². The second kappa shape index (κ2) is 5.09. The highest BCUT2D eigenvalue weighted by Crippen LogP contribution is 2.44. The van der Waals surface area contributed by atoms with Gasteiger partial charge in [-0.25, -0.2) is 0 Å². The molecular weight excluding hydrogens is 282 g/mol. The van der Waals surface area contributed by atoms with Crippen LogP contribution in [0.2, 0.25) is 0 Å². The Kier molecular flexibility index (Phi) is 3.18. The van der Waals surface area contributed by atoms with E-state index in [0.29, 0.717) is 13.1 Å². The van der Waals surface area contributed by atoms with E-state index >= 15 is 0 Å². The van der Waals surface area contributed by atoms with Crippen LogP contribution in [0.3, 0.4) is 0 Å². The van der Waals surface area contributed by atoms with Crippen molar-refractivity contribution < 1.29 is 19.4 Å². The van der Waals surface area contributed by atoms with Gasteiger partial charge in [-0.2, -0.15) is 0 Å². The Morgan fingerprint density at radius 3 is 2.50 bits per heavy atom. The predicted molar refractivity (Wildman–Crippen MR) is 78.1 cm³/mol. The number of aliphatic carboxylic acids is 1. The molecule has 0 saturated carbocycles. The van der Waals surface area contributed by atoms with Crippen LogP contribution >= 0.6 is 0 Å². The number of carbonyl (C=O) groups excluding carboxylic acids is 1. The highest BCUT2D eigenvalue weighted by atomic mass is 16.5. The number of carbonyl (C=O) groups is 2. The second-order valence-electron chi connectivity index (χ2n) is 6.46. The number of amides is 1. The van der Waals surface area contributed by atoms with E-state index in [1.54, 1.807) is 0 Å². The Morgan fingerprint density at radius 1 is 1.09 bits per heavy atom. The first kappa shape index (κ1) is 13.8. The summed E-state index contributed by atoms with van der Waals surface area (Å²) in [4.78, 5) is 26.2. The average molecular weight is 301 g/mol. The van der Waals surface area contributed by atoms with Gasteiger partial charge in [-0.3, -0.25) is 9.59 Å². The summed E-state index contributed by atoms with van der Waals surface area (Å²) in [5.74, 6) is -2.14. The van der Waals surface area contributed by atoms with Crippen molar-refractivity contribution >= 4 is 11.9 Å². The lowest BCUT2D eigenvalue weighted by molar-refractivity contribution is -0.151. The van der Waals surface area contributed by atoms with Crippen LogP contribution in [0, 0.1) is 11.8 Å². The number of fused-ring (bicyclic) bond motifs is 3. The molecule has 3 aliphatic rings. The van der Waals surface area contributed by atoms with Gasteiger partial charge in [-0.1, -0.05) is 24.3 Å². The number of hydrogen-bond donors (Lipinski definition) is 1. The normalized spacial score (nSPS) is 32.8. The molecule has 1 aromatic carbocycles. The lowest BCUT2D eigenvalue weighted by atomic mass is 9.78. The lowest BCUT2D eigenvalue weighted by Gasteiger charge is -2.34. The largest absolute Gasteiger partial charge is 0.481 e. The van der Waals surface area contributed by atoms with Crippen LogP contribution in [0.1, 0.15) is 24.0 Å². The molecule has 0 aromatic heterocycles. The Hall–Kier alpha value is -1.88. The Bertz CT molecular complexity index is 629. The molecular formula is C17H19NO4. The summed E-state index contributed by atoms with van der Waals surface area (Å²) in [5.41, 5.74) is 2.45. The fourth-order valence-corrected chi connectivity index (χ4v) is 4.20. The van der Waals surface area contributed by atoms with E-state index < -0.39 is 17.8 Å². The highest BCUT2D eigenvalue weighted by Gasteiger charge is 2.56. The molecule has 0 radical (unpaired) electrons. The molecule has 116 valence electrons. The third kappa shape index (κ3) is 2.03. The molecule has 1 amide bonds. The minimum Gasteiger partial charge on any atom is -0.481 e. The standard InChI is InChI=1S/C17H19NO4/c19-16(14-12-5-6-13(22-12)15(14)17(20)21)18-8-7-10-3-1-2-4-11(10)9-18/h1-4,12-15H,5-9H2,(H,20,21)/t12-,13-,14-,15+/m1/s1. The van der Waals surface area contributed by atoms with Crippen molar-refractivity contribution in [2.75, 3.05) is 6.54 Å². The van der Waals surface area contributed by atoms with Crippen molar-refractivity contribution in [3.05, 3.63) is 35.4 Å². The molecule has 3 heterocycles. The van der Waals surface area contributed by atoms with Crippen LogP contribution in [-0.2, 0) is 27.3 Å². The van der Waals surface area contributed by atoms with Crippen molar-refractivity contribution in [1.82, 2.24) is 4.90 Å². The van der Waals surface area contributed by atoms with Crippen molar-refractivity contribution in [1.29, 1.82) is 0 Å². The zero-order valence-corrected chi connectivity index (χ0v) is 12.3. The quantitative estimate of drug-likeness (QED) is 0.898. The van der Waals surface area contributed by atoms with Crippen LogP contribution in [-0.4, -0.2) is 40.6 Å². The summed E-state index contributed by atoms with van der Waals surface area (Å²) >= 11 is 0. The fourth-order valence-electron chi connectivity index (χ4n) is 4.20. The van der Waals surface area contributed by atoms with E-state index in [2.05, 4.69) is 6.07 Å². The summed E-state index contributed by atoms with van der Waals surface area (Å²) in [7, 11) is 0. The predicted octanol–water partition coefficient (Wildman–Crippen LogP) is 1.45. The molecule has 2 saturated heterocycles. The first-order chi connectivity index (χ1) is 10.6. The molecule has 22 heavy (non-hydrogen) atoms. The van der Waals surface area contributed by atoms with E-state index in [1.165, 1.54) is 5.56 Å². The maximum atomic E-state index is 12.9. The third-order valence-electron chi connectivity index (χ3n) is 5.29. The zero-order valence-electron chi connectivity index (χ0n) is 12.3. The molecule has 0 aliphatic carbocycles. The van der Waals surface area contributed by atoms with Gasteiger partial charge in [0.05, 0.1) is 24.0 Å². The van der Waals surface area contributed by atoms with E-state index in [0.717, 1.165) is 24.8 Å². The number of carboxylic acid groups (broad SMARTS) is 1. The molecule has 5 nitrogen and oxygen atoms in total. The van der Waals surface area contributed by atoms with Crippen molar-refractivity contribution in [3.63, 3.8) is 0 Å². The molecule has 0 spiro atoms. The van der Waals surface area contributed by atoms with Crippen molar-refractivity contribution in [2.24, 2.45) is 11.8 Å². The molecule has 2 bridgehead atoms. The summed E-state index contributed by atoms with van der Waals surface area (Å²) in [6, 6.07) is 8.13. The summed E-state index contributed by atoms with van der Waals surface area (Å²) in [6.45, 7) is 1.24. The molecule has 4 atom stereocenters. The molecule has 5 heteroatoms. The van der Waals surface area contributed by atoms with Crippen LogP contribution in [0.15, 0.2) is 24.3 Å². The maximum Gasteiger partial charge on any atom is 0.310 e. The van der Waals surface area contributed by atoms with Crippen molar-refractivity contribution in [2.45, 2.75) is 38.0 Å². The van der Waals surface area contributed by atoms with Gasteiger partial charge in [0.1, 0.15) is 0 Å². The average Bonchev–Trinajstić information content (AvgIpc) is 3.14. The van der Waals surface area contributed by atoms with Crippen molar-refractivity contribution in [3.8, 4) is 0 Å². The first-order valence-electron chi connectivity index (χ1n) is 7.89. The molecule has 0 unspecified atom stereocenters. The summed E-state index contributed by atoms with van der Waals surface area (Å²) in [6.07, 6.45) is 1.90. The lowest BCUT2D eigenvalue weighted by Crippen LogP contribution is -2.47.